The minimum absolute atomic E-state index is 0.138. The van der Waals surface area contributed by atoms with E-state index in [1.165, 1.54) is 11.0 Å². The third-order valence-corrected chi connectivity index (χ3v) is 4.14. The number of urea groups is 1. The van der Waals surface area contributed by atoms with E-state index < -0.39 is 17.7 Å². The van der Waals surface area contributed by atoms with Crippen molar-refractivity contribution in [3.63, 3.8) is 0 Å². The van der Waals surface area contributed by atoms with Crippen molar-refractivity contribution in [1.29, 1.82) is 0 Å². The number of carbonyl (C=O) groups excluding carboxylic acids is 2. The van der Waals surface area contributed by atoms with Gasteiger partial charge in [-0.25, -0.2) is 13.6 Å². The van der Waals surface area contributed by atoms with Crippen molar-refractivity contribution in [3.05, 3.63) is 35.4 Å². The molecule has 1 atom stereocenters. The van der Waals surface area contributed by atoms with Gasteiger partial charge in [0, 0.05) is 19.6 Å². The predicted octanol–water partition coefficient (Wildman–Crippen LogP) is 2.21. The average molecular weight is 339 g/mol. The minimum atomic E-state index is -0.846. The number of aryl methyl sites for hydroxylation is 1. The Morgan fingerprint density at radius 1 is 1.33 bits per heavy atom. The Labute approximate surface area is 140 Å². The monoisotopic (exact) mass is 339 g/mol. The molecule has 0 saturated carbocycles. The fourth-order valence-electron chi connectivity index (χ4n) is 2.67. The fourth-order valence-corrected chi connectivity index (χ4v) is 2.67. The van der Waals surface area contributed by atoms with Crippen LogP contribution >= 0.6 is 0 Å². The standard InChI is InChI=1S/C17H23F2N3O2/c1-12-16(23)20-9-4-10-22(12)17(24)21-8-3-2-5-13-6-7-14(18)15(19)11-13/h6-7,11-12H,2-5,8-10H2,1H3,(H,20,23)(H,21,24)/t12-/m1/s1. The summed E-state index contributed by atoms with van der Waals surface area (Å²) in [4.78, 5) is 25.4. The van der Waals surface area contributed by atoms with Gasteiger partial charge in [0.15, 0.2) is 11.6 Å². The lowest BCUT2D eigenvalue weighted by Crippen LogP contribution is -2.49. The molecule has 132 valence electrons. The van der Waals surface area contributed by atoms with Crippen LogP contribution in [0.15, 0.2) is 18.2 Å². The molecule has 0 aliphatic carbocycles. The van der Waals surface area contributed by atoms with Crippen molar-refractivity contribution in [2.75, 3.05) is 19.6 Å². The lowest BCUT2D eigenvalue weighted by Gasteiger charge is -2.25. The number of hydrogen-bond donors (Lipinski definition) is 2. The number of nitrogens with one attached hydrogen (secondary N) is 2. The minimum Gasteiger partial charge on any atom is -0.354 e. The van der Waals surface area contributed by atoms with E-state index in [1.807, 2.05) is 0 Å². The van der Waals surface area contributed by atoms with Gasteiger partial charge >= 0.3 is 6.03 Å². The number of halogens is 2. The first-order valence-electron chi connectivity index (χ1n) is 8.25. The second kappa shape index (κ2) is 8.61. The van der Waals surface area contributed by atoms with E-state index in [0.29, 0.717) is 26.1 Å². The van der Waals surface area contributed by atoms with Crippen LogP contribution in [0.5, 0.6) is 0 Å². The Hall–Kier alpha value is -2.18. The van der Waals surface area contributed by atoms with Crippen LogP contribution in [0.3, 0.4) is 0 Å². The molecule has 1 heterocycles. The molecule has 0 bridgehead atoms. The predicted molar refractivity (Wildman–Crippen MR) is 86.5 cm³/mol. The van der Waals surface area contributed by atoms with E-state index in [2.05, 4.69) is 10.6 Å². The zero-order valence-electron chi connectivity index (χ0n) is 13.8. The molecular weight excluding hydrogens is 316 g/mol. The third kappa shape index (κ3) is 4.91. The maximum absolute atomic E-state index is 13.1. The average Bonchev–Trinajstić information content (AvgIpc) is 2.72. The Kier molecular flexibility index (Phi) is 6.52. The van der Waals surface area contributed by atoms with Gasteiger partial charge in [0.2, 0.25) is 5.91 Å². The van der Waals surface area contributed by atoms with E-state index in [1.54, 1.807) is 13.0 Å². The van der Waals surface area contributed by atoms with Crippen molar-refractivity contribution in [2.45, 2.75) is 38.6 Å². The summed E-state index contributed by atoms with van der Waals surface area (Å²) in [6.45, 7) is 3.32. The maximum atomic E-state index is 13.1. The number of nitrogens with zero attached hydrogens (tertiary/aromatic N) is 1. The fraction of sp³-hybridized carbons (Fsp3) is 0.529. The summed E-state index contributed by atoms with van der Waals surface area (Å²) in [5, 5.41) is 5.58. The Bertz CT molecular complexity index is 595. The van der Waals surface area contributed by atoms with E-state index in [-0.39, 0.29) is 11.9 Å². The molecule has 24 heavy (non-hydrogen) atoms. The highest BCUT2D eigenvalue weighted by molar-refractivity contribution is 5.87. The van der Waals surface area contributed by atoms with Gasteiger partial charge in [-0.1, -0.05) is 6.07 Å². The number of benzene rings is 1. The second-order valence-electron chi connectivity index (χ2n) is 5.95. The molecule has 2 N–H and O–H groups in total. The van der Waals surface area contributed by atoms with Crippen molar-refractivity contribution in [1.82, 2.24) is 15.5 Å². The van der Waals surface area contributed by atoms with E-state index in [0.717, 1.165) is 30.9 Å². The highest BCUT2D eigenvalue weighted by Crippen LogP contribution is 2.11. The van der Waals surface area contributed by atoms with Gasteiger partial charge < -0.3 is 15.5 Å². The molecule has 1 aliphatic heterocycles. The molecular formula is C17H23F2N3O2. The maximum Gasteiger partial charge on any atom is 0.318 e. The second-order valence-corrected chi connectivity index (χ2v) is 5.95. The first kappa shape index (κ1) is 18.2. The summed E-state index contributed by atoms with van der Waals surface area (Å²) in [5.41, 5.74) is 0.734. The molecule has 2 rings (SSSR count). The SMILES string of the molecule is C[C@@H]1C(=O)NCCCN1C(=O)NCCCCc1ccc(F)c(F)c1. The Morgan fingerprint density at radius 2 is 2.12 bits per heavy atom. The zero-order valence-corrected chi connectivity index (χ0v) is 13.8. The molecule has 7 heteroatoms. The van der Waals surface area contributed by atoms with Crippen LogP contribution < -0.4 is 10.6 Å². The topological polar surface area (TPSA) is 61.4 Å². The normalized spacial score (nSPS) is 18.0. The Balaban J connectivity index is 1.70. The smallest absolute Gasteiger partial charge is 0.318 e. The van der Waals surface area contributed by atoms with Crippen molar-refractivity contribution >= 4 is 11.9 Å². The number of rotatable bonds is 5. The van der Waals surface area contributed by atoms with Gasteiger partial charge in [-0.15, -0.1) is 0 Å². The first-order chi connectivity index (χ1) is 11.5. The molecule has 1 aromatic carbocycles. The van der Waals surface area contributed by atoms with Gasteiger partial charge in [-0.05, 0) is 50.3 Å². The molecule has 0 spiro atoms. The number of carbonyl (C=O) groups is 2. The molecule has 1 aliphatic rings. The molecule has 3 amide bonds. The van der Waals surface area contributed by atoms with Crippen LogP contribution in [0.4, 0.5) is 13.6 Å². The van der Waals surface area contributed by atoms with Gasteiger partial charge in [0.1, 0.15) is 6.04 Å². The van der Waals surface area contributed by atoms with Gasteiger partial charge in [0.05, 0.1) is 0 Å². The van der Waals surface area contributed by atoms with Crippen LogP contribution in [0.25, 0.3) is 0 Å². The lowest BCUT2D eigenvalue weighted by molar-refractivity contribution is -0.124. The molecule has 0 aromatic heterocycles. The van der Waals surface area contributed by atoms with Crippen LogP contribution in [0.2, 0.25) is 0 Å². The van der Waals surface area contributed by atoms with Crippen LogP contribution in [0, 0.1) is 11.6 Å². The number of amides is 3. The van der Waals surface area contributed by atoms with E-state index in [4.69, 9.17) is 0 Å². The van der Waals surface area contributed by atoms with E-state index >= 15 is 0 Å². The molecule has 5 nitrogen and oxygen atoms in total. The highest BCUT2D eigenvalue weighted by atomic mass is 19.2. The molecule has 1 aromatic rings. The molecule has 0 unspecified atom stereocenters. The largest absolute Gasteiger partial charge is 0.354 e. The summed E-state index contributed by atoms with van der Waals surface area (Å²) in [6.07, 6.45) is 2.83. The summed E-state index contributed by atoms with van der Waals surface area (Å²) >= 11 is 0. The van der Waals surface area contributed by atoms with Crippen molar-refractivity contribution < 1.29 is 18.4 Å². The summed E-state index contributed by atoms with van der Waals surface area (Å²) in [6, 6.07) is 3.17. The quantitative estimate of drug-likeness (QED) is 0.808. The van der Waals surface area contributed by atoms with Gasteiger partial charge in [-0.3, -0.25) is 4.79 Å². The van der Waals surface area contributed by atoms with Crippen LogP contribution in [0.1, 0.15) is 31.7 Å². The van der Waals surface area contributed by atoms with Crippen LogP contribution in [-0.2, 0) is 11.2 Å². The first-order valence-corrected chi connectivity index (χ1v) is 8.25. The van der Waals surface area contributed by atoms with Crippen molar-refractivity contribution in [2.24, 2.45) is 0 Å². The summed E-state index contributed by atoms with van der Waals surface area (Å²) in [5.74, 6) is -1.82. The molecule has 1 saturated heterocycles. The van der Waals surface area contributed by atoms with Gasteiger partial charge in [-0.2, -0.15) is 0 Å². The number of unbranched alkanes of at least 4 members (excludes halogenated alkanes) is 1. The lowest BCUT2D eigenvalue weighted by atomic mass is 10.1. The van der Waals surface area contributed by atoms with E-state index in [9.17, 15) is 18.4 Å². The van der Waals surface area contributed by atoms with Gasteiger partial charge in [0.25, 0.3) is 0 Å². The van der Waals surface area contributed by atoms with Crippen LogP contribution in [-0.4, -0.2) is 42.5 Å². The number of hydrogen-bond acceptors (Lipinski definition) is 2. The zero-order chi connectivity index (χ0) is 17.5. The summed E-state index contributed by atoms with van der Waals surface area (Å²) in [7, 11) is 0. The van der Waals surface area contributed by atoms with Crippen molar-refractivity contribution in [3.8, 4) is 0 Å². The third-order valence-electron chi connectivity index (χ3n) is 4.14. The Morgan fingerprint density at radius 3 is 2.88 bits per heavy atom. The molecule has 0 radical (unpaired) electrons. The summed E-state index contributed by atoms with van der Waals surface area (Å²) < 4.78 is 25.9. The highest BCUT2D eigenvalue weighted by Gasteiger charge is 2.27. The molecule has 1 fully saturated rings.